The molecule has 1 aliphatic heterocycles. The number of likely N-dealkylation sites (tertiary alicyclic amines) is 1. The smallest absolute Gasteiger partial charge is 0.492 e. The Kier molecular flexibility index (Phi) is 7.48. The second-order valence-electron chi connectivity index (χ2n) is 8.91. The van der Waals surface area contributed by atoms with Gasteiger partial charge in [-0.25, -0.2) is 0 Å². The van der Waals surface area contributed by atoms with E-state index in [1.54, 1.807) is 42.5 Å². The highest BCUT2D eigenvalue weighted by molar-refractivity contribution is 5.73. The molecule has 10 heteroatoms. The molecule has 2 N–H and O–H groups in total. The lowest BCUT2D eigenvalue weighted by atomic mass is 10.0. The minimum absolute atomic E-state index is 0.160. The van der Waals surface area contributed by atoms with Gasteiger partial charge in [-0.2, -0.15) is 5.26 Å². The molecule has 2 aromatic carbocycles. The van der Waals surface area contributed by atoms with Gasteiger partial charge in [-0.1, -0.05) is 24.3 Å². The van der Waals surface area contributed by atoms with E-state index in [2.05, 4.69) is 15.0 Å². The van der Waals surface area contributed by atoms with Gasteiger partial charge in [0.1, 0.15) is 24.0 Å². The summed E-state index contributed by atoms with van der Waals surface area (Å²) in [6.07, 6.45) is -4.52. The molecule has 2 aromatic rings. The summed E-state index contributed by atoms with van der Waals surface area (Å²) in [5, 5.41) is 21.4. The highest BCUT2D eigenvalue weighted by Gasteiger charge is 2.55. The van der Waals surface area contributed by atoms with E-state index in [9.17, 15) is 18.0 Å². The fourth-order valence-electron chi connectivity index (χ4n) is 4.64. The number of ether oxygens (including phenoxy) is 2. The predicted octanol–water partition coefficient (Wildman–Crippen LogP) is 3.45. The number of aliphatic carboxylic acids is 1. The van der Waals surface area contributed by atoms with Gasteiger partial charge in [-0.15, -0.1) is 13.2 Å². The Hall–Kier alpha value is -3.29. The van der Waals surface area contributed by atoms with E-state index in [0.717, 1.165) is 24.2 Å². The van der Waals surface area contributed by atoms with Crippen molar-refractivity contribution in [1.29, 1.82) is 5.26 Å². The average Bonchev–Trinajstić information content (AvgIpc) is 3.26. The SMILES string of the molecule is N#C[C@H](Cc1ccc(OCCNC2C3CN(Cc4ccc(OC(F)(F)F)cc4)CC32)cc1)C(=O)O. The Balaban J connectivity index is 1.11. The van der Waals surface area contributed by atoms with Gasteiger partial charge in [0, 0.05) is 32.2 Å². The summed E-state index contributed by atoms with van der Waals surface area (Å²) < 4.78 is 46.5. The van der Waals surface area contributed by atoms with Crippen molar-refractivity contribution in [2.45, 2.75) is 25.4 Å². The molecule has 35 heavy (non-hydrogen) atoms. The Morgan fingerprint density at radius 2 is 1.69 bits per heavy atom. The maximum atomic E-state index is 12.3. The molecule has 0 radical (unpaired) electrons. The van der Waals surface area contributed by atoms with Crippen LogP contribution in [-0.2, 0) is 17.8 Å². The van der Waals surface area contributed by atoms with Crippen LogP contribution < -0.4 is 14.8 Å². The summed E-state index contributed by atoms with van der Waals surface area (Å²) in [7, 11) is 0. The largest absolute Gasteiger partial charge is 0.573 e. The fourth-order valence-corrected chi connectivity index (χ4v) is 4.64. The second-order valence-corrected chi connectivity index (χ2v) is 8.91. The number of piperidine rings is 1. The van der Waals surface area contributed by atoms with E-state index in [4.69, 9.17) is 15.1 Å². The first kappa shape index (κ1) is 24.8. The van der Waals surface area contributed by atoms with Gasteiger partial charge in [0.2, 0.25) is 0 Å². The summed E-state index contributed by atoms with van der Waals surface area (Å²) in [5.41, 5.74) is 1.72. The molecule has 0 spiro atoms. The maximum Gasteiger partial charge on any atom is 0.573 e. The van der Waals surface area contributed by atoms with Gasteiger partial charge in [-0.3, -0.25) is 9.69 Å². The summed E-state index contributed by atoms with van der Waals surface area (Å²) >= 11 is 0. The van der Waals surface area contributed by atoms with Crippen molar-refractivity contribution in [3.63, 3.8) is 0 Å². The first-order valence-corrected chi connectivity index (χ1v) is 11.4. The van der Waals surface area contributed by atoms with Crippen LogP contribution in [0.4, 0.5) is 13.2 Å². The lowest BCUT2D eigenvalue weighted by molar-refractivity contribution is -0.274. The third kappa shape index (κ3) is 6.87. The van der Waals surface area contributed by atoms with E-state index in [0.29, 0.717) is 43.3 Å². The summed E-state index contributed by atoms with van der Waals surface area (Å²) in [6, 6.07) is 15.3. The summed E-state index contributed by atoms with van der Waals surface area (Å²) in [4.78, 5) is 13.3. The molecule has 0 aromatic heterocycles. The molecule has 1 saturated heterocycles. The predicted molar refractivity (Wildman–Crippen MR) is 120 cm³/mol. The van der Waals surface area contributed by atoms with Crippen molar-refractivity contribution in [2.24, 2.45) is 17.8 Å². The average molecular weight is 489 g/mol. The van der Waals surface area contributed by atoms with Crippen molar-refractivity contribution in [3.05, 3.63) is 59.7 Å². The number of alkyl halides is 3. The van der Waals surface area contributed by atoms with Crippen LogP contribution in [0.1, 0.15) is 11.1 Å². The summed E-state index contributed by atoms with van der Waals surface area (Å²) in [6.45, 7) is 3.81. The Bertz CT molecular complexity index is 1040. The summed E-state index contributed by atoms with van der Waals surface area (Å²) in [5.74, 6) is -0.556. The molecule has 1 saturated carbocycles. The van der Waals surface area contributed by atoms with Crippen LogP contribution >= 0.6 is 0 Å². The molecule has 4 rings (SSSR count). The minimum Gasteiger partial charge on any atom is -0.492 e. The maximum absolute atomic E-state index is 12.3. The molecular weight excluding hydrogens is 463 g/mol. The van der Waals surface area contributed by atoms with Crippen molar-refractivity contribution >= 4 is 5.97 Å². The molecule has 2 aliphatic rings. The van der Waals surface area contributed by atoms with E-state index in [1.807, 2.05) is 0 Å². The Morgan fingerprint density at radius 3 is 2.26 bits per heavy atom. The fraction of sp³-hybridized carbons (Fsp3) is 0.440. The molecule has 0 bridgehead atoms. The molecular formula is C25H26F3N3O4. The third-order valence-electron chi connectivity index (χ3n) is 6.40. The molecule has 1 heterocycles. The number of benzene rings is 2. The standard InChI is InChI=1S/C25H26F3N3O4/c26-25(27,28)35-20-7-3-17(4-8-20)13-31-14-21-22(15-31)23(21)30-9-10-34-19-5-1-16(2-6-19)11-18(12-29)24(32)33/h1-8,18,21-23,30H,9-11,13-15H2,(H,32,33)/t18-,21?,22?,23?/m0/s1. The van der Waals surface area contributed by atoms with Crippen molar-refractivity contribution in [2.75, 3.05) is 26.2 Å². The van der Waals surface area contributed by atoms with E-state index >= 15 is 0 Å². The molecule has 1 aliphatic carbocycles. The van der Waals surface area contributed by atoms with Crippen molar-refractivity contribution in [3.8, 4) is 17.6 Å². The quantitative estimate of drug-likeness (QED) is 0.467. The highest BCUT2D eigenvalue weighted by atomic mass is 19.4. The number of halogens is 3. The van der Waals surface area contributed by atoms with Gasteiger partial charge in [0.05, 0.1) is 6.07 Å². The van der Waals surface area contributed by atoms with Crippen LogP contribution in [0.25, 0.3) is 0 Å². The van der Waals surface area contributed by atoms with Crippen molar-refractivity contribution < 1.29 is 32.5 Å². The molecule has 3 atom stereocenters. The lowest BCUT2D eigenvalue weighted by Gasteiger charge is -2.20. The van der Waals surface area contributed by atoms with Crippen LogP contribution in [0.3, 0.4) is 0 Å². The number of nitriles is 1. The van der Waals surface area contributed by atoms with Crippen molar-refractivity contribution in [1.82, 2.24) is 10.2 Å². The van der Waals surface area contributed by atoms with E-state index in [1.165, 1.54) is 12.1 Å². The molecule has 0 amide bonds. The van der Waals surface area contributed by atoms with Gasteiger partial charge in [-0.05, 0) is 53.6 Å². The topological polar surface area (TPSA) is 94.8 Å². The first-order chi connectivity index (χ1) is 16.7. The van der Waals surface area contributed by atoms with Crippen LogP contribution in [0.5, 0.6) is 11.5 Å². The molecule has 2 unspecified atom stereocenters. The third-order valence-corrected chi connectivity index (χ3v) is 6.40. The normalized spacial score (nSPS) is 22.2. The van der Waals surface area contributed by atoms with Crippen LogP contribution in [0.15, 0.2) is 48.5 Å². The van der Waals surface area contributed by atoms with Gasteiger partial charge in [0.15, 0.2) is 0 Å². The number of hydrogen-bond donors (Lipinski definition) is 2. The monoisotopic (exact) mass is 489 g/mol. The number of nitrogens with zero attached hydrogens (tertiary/aromatic N) is 2. The van der Waals surface area contributed by atoms with Crippen LogP contribution in [0.2, 0.25) is 0 Å². The van der Waals surface area contributed by atoms with Crippen LogP contribution in [0, 0.1) is 29.1 Å². The number of carbonyl (C=O) groups is 1. The Morgan fingerprint density at radius 1 is 1.09 bits per heavy atom. The second kappa shape index (κ2) is 10.5. The number of carboxylic acid groups (broad SMARTS) is 1. The highest BCUT2D eigenvalue weighted by Crippen LogP contribution is 2.45. The van der Waals surface area contributed by atoms with E-state index in [-0.39, 0.29) is 12.2 Å². The number of carboxylic acids is 1. The molecule has 2 fully saturated rings. The number of fused-ring (bicyclic) bond motifs is 1. The number of nitrogens with one attached hydrogen (secondary N) is 1. The zero-order valence-electron chi connectivity index (χ0n) is 18.9. The number of rotatable bonds is 11. The Labute approximate surface area is 201 Å². The first-order valence-electron chi connectivity index (χ1n) is 11.4. The lowest BCUT2D eigenvalue weighted by Crippen LogP contribution is -2.33. The molecule has 7 nitrogen and oxygen atoms in total. The zero-order valence-corrected chi connectivity index (χ0v) is 18.9. The van der Waals surface area contributed by atoms with Gasteiger partial charge >= 0.3 is 12.3 Å². The van der Waals surface area contributed by atoms with Gasteiger partial charge in [0.25, 0.3) is 0 Å². The minimum atomic E-state index is -4.68. The van der Waals surface area contributed by atoms with Gasteiger partial charge < -0.3 is 19.9 Å². The number of hydrogen-bond acceptors (Lipinski definition) is 6. The molecule has 186 valence electrons. The zero-order chi connectivity index (χ0) is 25.0. The van der Waals surface area contributed by atoms with E-state index < -0.39 is 18.2 Å². The van der Waals surface area contributed by atoms with Crippen LogP contribution in [-0.4, -0.2) is 54.6 Å².